The average Bonchev–Trinajstić information content (AvgIpc) is 3.92. The maximum absolute atomic E-state index is 4.17. The molecule has 299 valence electrons. The number of rotatable bonds is 4. The summed E-state index contributed by atoms with van der Waals surface area (Å²) in [4.78, 5) is 0. The molecule has 0 fully saturated rings. The number of benzene rings is 4. The third-order valence-electron chi connectivity index (χ3n) is 13.7. The molecule has 58 heavy (non-hydrogen) atoms. The third kappa shape index (κ3) is 6.46. The van der Waals surface area contributed by atoms with Crippen LogP contribution in [0.1, 0.15) is 152 Å². The van der Waals surface area contributed by atoms with E-state index in [-0.39, 0.29) is 27.6 Å². The van der Waals surface area contributed by atoms with Gasteiger partial charge in [0.25, 0.3) is 0 Å². The van der Waals surface area contributed by atoms with Gasteiger partial charge in [-0.15, -0.1) is 0 Å². The van der Waals surface area contributed by atoms with E-state index in [1.165, 1.54) is 98.8 Å². The summed E-state index contributed by atoms with van der Waals surface area (Å²) in [5.74, 6) is 0.131. The minimum absolute atomic E-state index is 0.00519. The van der Waals surface area contributed by atoms with Crippen molar-refractivity contribution >= 4 is 31.7 Å². The molecule has 0 amide bonds. The van der Waals surface area contributed by atoms with Crippen molar-refractivity contribution in [1.29, 1.82) is 0 Å². The highest BCUT2D eigenvalue weighted by molar-refractivity contribution is 6.70. The first-order valence-electron chi connectivity index (χ1n) is 22.0. The lowest BCUT2D eigenvalue weighted by Gasteiger charge is -2.29. The first-order chi connectivity index (χ1) is 27.0. The van der Waals surface area contributed by atoms with E-state index in [4.69, 9.17) is 0 Å². The van der Waals surface area contributed by atoms with Gasteiger partial charge in [0.05, 0.1) is 8.80 Å². The molecule has 4 aliphatic carbocycles. The fourth-order valence-corrected chi connectivity index (χ4v) is 12.1. The second-order valence-corrected chi connectivity index (χ2v) is 25.2. The molecule has 0 aliphatic heterocycles. The standard InChI is InChI=1S/C57H67Si/c1-33-34(2)48(51-38-23-19-25-42(54(3,4)5)52(38)53-39(51)24-20-26-43(53)55(6,7)8)49(36-21-17-18-22-36)41-32-37-27-28-46(58(15)16)40(50(37)47(33)41)29-35-30-44(56(9,10)11)45(31-35)57(12,13)14/h17-21,23-30,51,58H,22,31H2,1-16H3. The van der Waals surface area contributed by atoms with Crippen molar-refractivity contribution in [3.63, 3.8) is 0 Å². The number of fused-ring (bicyclic) bond motifs is 5. The van der Waals surface area contributed by atoms with Crippen molar-refractivity contribution in [1.82, 2.24) is 0 Å². The smallest absolute Gasteiger partial charge is 0.0655 e. The van der Waals surface area contributed by atoms with Gasteiger partial charge < -0.3 is 0 Å². The van der Waals surface area contributed by atoms with Crippen molar-refractivity contribution in [2.45, 2.75) is 140 Å². The molecular weight excluding hydrogens is 713 g/mol. The minimum atomic E-state index is -1.20. The number of hydrogen-bond donors (Lipinski definition) is 0. The van der Waals surface area contributed by atoms with Gasteiger partial charge in [-0.25, -0.2) is 0 Å². The second-order valence-electron chi connectivity index (χ2n) is 22.3. The lowest BCUT2D eigenvalue weighted by atomic mass is 9.76. The van der Waals surface area contributed by atoms with Crippen LogP contribution in [0.2, 0.25) is 13.1 Å². The molecule has 0 N–H and O–H groups in total. The average molecular weight is 780 g/mol. The predicted molar refractivity (Wildman–Crippen MR) is 255 cm³/mol. The van der Waals surface area contributed by atoms with Crippen molar-refractivity contribution in [2.75, 3.05) is 0 Å². The summed E-state index contributed by atoms with van der Waals surface area (Å²) in [5.41, 5.74) is 21.9. The summed E-state index contributed by atoms with van der Waals surface area (Å²) >= 11 is 0. The normalized spacial score (nSPS) is 16.9. The van der Waals surface area contributed by atoms with E-state index in [1.54, 1.807) is 10.8 Å². The Morgan fingerprint density at radius 2 is 1.28 bits per heavy atom. The topological polar surface area (TPSA) is 0 Å². The first kappa shape index (κ1) is 40.6. The van der Waals surface area contributed by atoms with Gasteiger partial charge in [-0.3, -0.25) is 0 Å². The molecule has 0 spiro atoms. The minimum Gasteiger partial charge on any atom is -0.0801 e. The summed E-state index contributed by atoms with van der Waals surface area (Å²) in [6.07, 6.45) is 18.3. The Kier molecular flexibility index (Phi) is 9.56. The summed E-state index contributed by atoms with van der Waals surface area (Å²) < 4.78 is 0. The summed E-state index contributed by atoms with van der Waals surface area (Å²) in [5, 5.41) is 7.13. The molecule has 8 rings (SSSR count). The Bertz CT molecular complexity index is 2710. The zero-order chi connectivity index (χ0) is 42.0. The van der Waals surface area contributed by atoms with Gasteiger partial charge >= 0.3 is 0 Å². The maximum Gasteiger partial charge on any atom is 0.0655 e. The van der Waals surface area contributed by atoms with E-state index in [0.717, 1.165) is 12.8 Å². The van der Waals surface area contributed by atoms with Crippen LogP contribution in [0.25, 0.3) is 28.9 Å². The molecule has 0 bridgehead atoms. The van der Waals surface area contributed by atoms with Crippen LogP contribution in [0.5, 0.6) is 0 Å². The van der Waals surface area contributed by atoms with E-state index in [0.29, 0.717) is 0 Å². The van der Waals surface area contributed by atoms with Crippen LogP contribution >= 0.6 is 0 Å². The fraction of sp³-hybridized carbons (Fsp3) is 0.404. The van der Waals surface area contributed by atoms with E-state index >= 15 is 0 Å². The molecule has 4 aromatic carbocycles. The maximum atomic E-state index is 4.17. The largest absolute Gasteiger partial charge is 0.0801 e. The molecule has 0 saturated carbocycles. The lowest BCUT2D eigenvalue weighted by Crippen LogP contribution is -2.38. The molecule has 4 aliphatic rings. The summed E-state index contributed by atoms with van der Waals surface area (Å²) in [6.45, 7) is 38.5. The Morgan fingerprint density at radius 3 is 1.76 bits per heavy atom. The molecule has 0 nitrogen and oxygen atoms in total. The highest BCUT2D eigenvalue weighted by Gasteiger charge is 2.40. The van der Waals surface area contributed by atoms with Gasteiger partial charge in [0, 0.05) is 5.92 Å². The SMILES string of the molecule is Cc1c(C2c3cccc(C(C)(C)C)c3-c3c2cccc3C(C)(C)C)c(C2=CC=CC2)c2c(c1C)=c1c(ccc([SiH](C)C)c1=CC1=CC(C(C)(C)C)=C(C(C)(C)C)C1)[C]=2. The summed E-state index contributed by atoms with van der Waals surface area (Å²) in [6, 6.07) is 19.2. The van der Waals surface area contributed by atoms with Crippen LogP contribution in [0, 0.1) is 35.1 Å². The Balaban J connectivity index is 1.50. The van der Waals surface area contributed by atoms with Crippen molar-refractivity contribution in [3.05, 3.63) is 160 Å². The zero-order valence-electron chi connectivity index (χ0n) is 38.6. The van der Waals surface area contributed by atoms with Crippen LogP contribution in [-0.4, -0.2) is 8.80 Å². The van der Waals surface area contributed by atoms with Gasteiger partial charge in [0.15, 0.2) is 0 Å². The molecule has 0 unspecified atom stereocenters. The van der Waals surface area contributed by atoms with E-state index in [2.05, 4.69) is 195 Å². The van der Waals surface area contributed by atoms with Crippen molar-refractivity contribution < 1.29 is 0 Å². The van der Waals surface area contributed by atoms with Gasteiger partial charge in [-0.1, -0.05) is 186 Å². The van der Waals surface area contributed by atoms with Crippen LogP contribution in [0.3, 0.4) is 0 Å². The third-order valence-corrected chi connectivity index (χ3v) is 15.4. The van der Waals surface area contributed by atoms with E-state index in [1.807, 2.05) is 0 Å². The lowest BCUT2D eigenvalue weighted by molar-refractivity contribution is 0.452. The Labute approximate surface area is 352 Å². The van der Waals surface area contributed by atoms with Crippen LogP contribution in [0.15, 0.2) is 89.6 Å². The molecule has 4 aromatic rings. The van der Waals surface area contributed by atoms with Crippen LogP contribution in [0.4, 0.5) is 0 Å². The molecular formula is C57H67Si. The van der Waals surface area contributed by atoms with Crippen LogP contribution in [-0.2, 0) is 10.8 Å². The first-order valence-corrected chi connectivity index (χ1v) is 24.9. The van der Waals surface area contributed by atoms with Gasteiger partial charge in [-0.2, -0.15) is 0 Å². The quantitative estimate of drug-likeness (QED) is 0.156. The van der Waals surface area contributed by atoms with Crippen molar-refractivity contribution in [2.24, 2.45) is 10.8 Å². The van der Waals surface area contributed by atoms with Crippen LogP contribution < -0.4 is 15.6 Å². The zero-order valence-corrected chi connectivity index (χ0v) is 39.7. The van der Waals surface area contributed by atoms with Gasteiger partial charge in [0.2, 0.25) is 0 Å². The second kappa shape index (κ2) is 13.7. The highest BCUT2D eigenvalue weighted by Crippen LogP contribution is 2.56. The molecule has 0 aromatic heterocycles. The Hall–Kier alpha value is -4.20. The van der Waals surface area contributed by atoms with E-state index in [9.17, 15) is 0 Å². The Morgan fingerprint density at radius 1 is 0.672 bits per heavy atom. The highest BCUT2D eigenvalue weighted by atomic mass is 28.3. The monoisotopic (exact) mass is 780 g/mol. The predicted octanol–water partition coefficient (Wildman–Crippen LogP) is 12.9. The molecule has 0 saturated heterocycles. The van der Waals surface area contributed by atoms with Gasteiger partial charge in [0.1, 0.15) is 0 Å². The van der Waals surface area contributed by atoms with E-state index < -0.39 is 8.80 Å². The number of allylic oxidation sites excluding steroid dienone is 8. The molecule has 1 radical (unpaired) electrons. The fourth-order valence-electron chi connectivity index (χ4n) is 10.7. The molecule has 1 heteroatoms. The van der Waals surface area contributed by atoms with Crippen molar-refractivity contribution in [3.8, 4) is 11.1 Å². The van der Waals surface area contributed by atoms with Gasteiger partial charge in [-0.05, 0) is 153 Å². The molecule has 0 atom stereocenters. The molecule has 0 heterocycles. The summed E-state index contributed by atoms with van der Waals surface area (Å²) in [7, 11) is -1.20. The number of hydrogen-bond acceptors (Lipinski definition) is 0.